The minimum absolute atomic E-state index is 0.239. The van der Waals surface area contributed by atoms with Gasteiger partial charge < -0.3 is 10.1 Å². The van der Waals surface area contributed by atoms with E-state index < -0.39 is 0 Å². The van der Waals surface area contributed by atoms with Crippen LogP contribution >= 0.6 is 0 Å². The smallest absolute Gasteiger partial charge is 0.0655 e. The Labute approximate surface area is 123 Å². The van der Waals surface area contributed by atoms with E-state index in [2.05, 4.69) is 59.0 Å². The molecule has 0 heterocycles. The largest absolute Gasteiger partial charge is 0.378 e. The zero-order chi connectivity index (χ0) is 14.9. The molecule has 0 aromatic heterocycles. The van der Waals surface area contributed by atoms with Crippen molar-refractivity contribution in [1.29, 1.82) is 0 Å². The van der Waals surface area contributed by atoms with Gasteiger partial charge in [-0.15, -0.1) is 0 Å². The fraction of sp³-hybridized carbons (Fsp3) is 0.667. The summed E-state index contributed by atoms with van der Waals surface area (Å²) in [7, 11) is 0. The first-order valence-electron chi connectivity index (χ1n) is 7.78. The highest BCUT2D eigenvalue weighted by molar-refractivity contribution is 5.37. The zero-order valence-electron chi connectivity index (χ0n) is 13.8. The van der Waals surface area contributed by atoms with Crippen LogP contribution in [0.25, 0.3) is 0 Å². The Hall–Kier alpha value is -0.860. The molecule has 1 fully saturated rings. The number of nitrogens with one attached hydrogen (secondary N) is 1. The van der Waals surface area contributed by atoms with Crippen LogP contribution in [-0.4, -0.2) is 18.8 Å². The lowest BCUT2D eigenvalue weighted by Gasteiger charge is -2.52. The lowest BCUT2D eigenvalue weighted by molar-refractivity contribution is -0.114. The fourth-order valence-electron chi connectivity index (χ4n) is 3.43. The van der Waals surface area contributed by atoms with Crippen molar-refractivity contribution in [3.8, 4) is 0 Å². The van der Waals surface area contributed by atoms with Crippen LogP contribution in [0.2, 0.25) is 0 Å². The molecule has 2 heteroatoms. The lowest BCUT2D eigenvalue weighted by atomic mass is 9.64. The van der Waals surface area contributed by atoms with Gasteiger partial charge in [0.1, 0.15) is 0 Å². The Balaban J connectivity index is 1.98. The number of aryl methyl sites for hydroxylation is 3. The van der Waals surface area contributed by atoms with Crippen molar-refractivity contribution in [3.05, 3.63) is 34.4 Å². The van der Waals surface area contributed by atoms with Gasteiger partial charge in [-0.05, 0) is 50.8 Å². The molecule has 1 aromatic rings. The predicted octanol–water partition coefficient (Wildman–Crippen LogP) is 3.91. The number of benzene rings is 1. The van der Waals surface area contributed by atoms with Gasteiger partial charge >= 0.3 is 0 Å². The van der Waals surface area contributed by atoms with E-state index in [9.17, 15) is 0 Å². The van der Waals surface area contributed by atoms with Gasteiger partial charge in [0.15, 0.2) is 0 Å². The quantitative estimate of drug-likeness (QED) is 0.880. The second kappa shape index (κ2) is 5.87. The number of hydrogen-bond acceptors (Lipinski definition) is 2. The van der Waals surface area contributed by atoms with Crippen molar-refractivity contribution >= 4 is 0 Å². The Bertz CT molecular complexity index is 455. The molecule has 2 unspecified atom stereocenters. The molecule has 1 aliphatic carbocycles. The van der Waals surface area contributed by atoms with Crippen molar-refractivity contribution in [3.63, 3.8) is 0 Å². The van der Waals surface area contributed by atoms with E-state index in [1.807, 2.05) is 0 Å². The zero-order valence-corrected chi connectivity index (χ0v) is 13.8. The molecule has 2 rings (SSSR count). The molecule has 2 nitrogen and oxygen atoms in total. The molecular weight excluding hydrogens is 246 g/mol. The van der Waals surface area contributed by atoms with E-state index in [0.717, 1.165) is 19.6 Å². The number of rotatable bonds is 5. The third-order valence-corrected chi connectivity index (χ3v) is 4.91. The highest BCUT2D eigenvalue weighted by Crippen LogP contribution is 2.42. The fourth-order valence-corrected chi connectivity index (χ4v) is 3.43. The summed E-state index contributed by atoms with van der Waals surface area (Å²) in [6.45, 7) is 15.1. The second-order valence-electron chi connectivity index (χ2n) is 6.81. The standard InChI is InChI=1S/C18H29NO/c1-7-20-17-10-16(18(17,5)6)19-11-15-13(3)8-12(2)9-14(15)4/h8-9,16-17,19H,7,10-11H2,1-6H3. The molecule has 112 valence electrons. The van der Waals surface area contributed by atoms with E-state index in [0.29, 0.717) is 12.1 Å². The third-order valence-electron chi connectivity index (χ3n) is 4.91. The van der Waals surface area contributed by atoms with Gasteiger partial charge in [0.25, 0.3) is 0 Å². The van der Waals surface area contributed by atoms with Crippen molar-refractivity contribution in [2.45, 2.75) is 66.7 Å². The van der Waals surface area contributed by atoms with Crippen LogP contribution in [-0.2, 0) is 11.3 Å². The van der Waals surface area contributed by atoms with Gasteiger partial charge in [-0.3, -0.25) is 0 Å². The molecule has 0 bridgehead atoms. The normalized spacial score (nSPS) is 24.5. The summed E-state index contributed by atoms with van der Waals surface area (Å²) in [4.78, 5) is 0. The van der Waals surface area contributed by atoms with Crippen molar-refractivity contribution in [1.82, 2.24) is 5.32 Å². The molecule has 0 aliphatic heterocycles. The van der Waals surface area contributed by atoms with E-state index in [1.165, 1.54) is 22.3 Å². The summed E-state index contributed by atoms with van der Waals surface area (Å²) in [5, 5.41) is 3.74. The molecule has 2 atom stereocenters. The Morgan fingerprint density at radius 1 is 1.20 bits per heavy atom. The summed E-state index contributed by atoms with van der Waals surface area (Å²) >= 11 is 0. The van der Waals surface area contributed by atoms with Crippen LogP contribution in [0.4, 0.5) is 0 Å². The minimum Gasteiger partial charge on any atom is -0.378 e. The lowest BCUT2D eigenvalue weighted by Crippen LogP contribution is -2.60. The highest BCUT2D eigenvalue weighted by Gasteiger charge is 2.48. The molecule has 20 heavy (non-hydrogen) atoms. The molecule has 1 N–H and O–H groups in total. The SMILES string of the molecule is CCOC1CC(NCc2c(C)cc(C)cc2C)C1(C)C. The summed E-state index contributed by atoms with van der Waals surface area (Å²) < 4.78 is 5.80. The molecule has 0 spiro atoms. The summed E-state index contributed by atoms with van der Waals surface area (Å²) in [5.41, 5.74) is 5.83. The number of ether oxygens (including phenoxy) is 1. The first-order chi connectivity index (χ1) is 9.36. The van der Waals surface area contributed by atoms with Crippen LogP contribution in [0.15, 0.2) is 12.1 Å². The van der Waals surface area contributed by atoms with E-state index in [-0.39, 0.29) is 5.41 Å². The predicted molar refractivity (Wildman–Crippen MR) is 85.1 cm³/mol. The topological polar surface area (TPSA) is 21.3 Å². The van der Waals surface area contributed by atoms with Gasteiger partial charge in [-0.2, -0.15) is 0 Å². The molecule has 1 saturated carbocycles. The van der Waals surface area contributed by atoms with Gasteiger partial charge in [0, 0.05) is 24.6 Å². The second-order valence-corrected chi connectivity index (χ2v) is 6.81. The third kappa shape index (κ3) is 2.91. The maximum atomic E-state index is 5.80. The molecule has 1 aliphatic rings. The molecule has 0 radical (unpaired) electrons. The van der Waals surface area contributed by atoms with Crippen molar-refractivity contribution < 1.29 is 4.74 Å². The van der Waals surface area contributed by atoms with Crippen molar-refractivity contribution in [2.75, 3.05) is 6.61 Å². The summed E-state index contributed by atoms with van der Waals surface area (Å²) in [5.74, 6) is 0. The molecular formula is C18H29NO. The average molecular weight is 275 g/mol. The summed E-state index contributed by atoms with van der Waals surface area (Å²) in [6, 6.07) is 5.11. The minimum atomic E-state index is 0.239. The Kier molecular flexibility index (Phi) is 4.55. The molecule has 0 saturated heterocycles. The van der Waals surface area contributed by atoms with Gasteiger partial charge in [0.05, 0.1) is 6.10 Å². The van der Waals surface area contributed by atoms with Gasteiger partial charge in [0.2, 0.25) is 0 Å². The maximum absolute atomic E-state index is 5.80. The Morgan fingerprint density at radius 3 is 2.30 bits per heavy atom. The van der Waals surface area contributed by atoms with Gasteiger partial charge in [-0.1, -0.05) is 31.5 Å². The maximum Gasteiger partial charge on any atom is 0.0655 e. The summed E-state index contributed by atoms with van der Waals surface area (Å²) in [6.07, 6.45) is 1.54. The molecule has 0 amide bonds. The van der Waals surface area contributed by atoms with Crippen molar-refractivity contribution in [2.24, 2.45) is 5.41 Å². The van der Waals surface area contributed by atoms with Crippen LogP contribution in [0.5, 0.6) is 0 Å². The highest BCUT2D eigenvalue weighted by atomic mass is 16.5. The average Bonchev–Trinajstić information content (AvgIpc) is 2.35. The number of hydrogen-bond donors (Lipinski definition) is 1. The molecule has 1 aromatic carbocycles. The van der Waals surface area contributed by atoms with Crippen LogP contribution < -0.4 is 5.32 Å². The first-order valence-corrected chi connectivity index (χ1v) is 7.78. The Morgan fingerprint density at radius 2 is 1.80 bits per heavy atom. The van der Waals surface area contributed by atoms with Crippen LogP contribution in [0, 0.1) is 26.2 Å². The van der Waals surface area contributed by atoms with E-state index >= 15 is 0 Å². The van der Waals surface area contributed by atoms with E-state index in [4.69, 9.17) is 4.74 Å². The monoisotopic (exact) mass is 275 g/mol. The van der Waals surface area contributed by atoms with Crippen LogP contribution in [0.3, 0.4) is 0 Å². The van der Waals surface area contributed by atoms with E-state index in [1.54, 1.807) is 0 Å². The van der Waals surface area contributed by atoms with Gasteiger partial charge in [-0.25, -0.2) is 0 Å². The van der Waals surface area contributed by atoms with Crippen LogP contribution in [0.1, 0.15) is 49.4 Å². The first kappa shape index (κ1) is 15.5.